The smallest absolute Gasteiger partial charge is 0.306 e. The Labute approximate surface area is 193 Å². The van der Waals surface area contributed by atoms with E-state index in [1.165, 1.54) is 90.0 Å². The molecule has 176 valence electrons. The van der Waals surface area contributed by atoms with Crippen LogP contribution in [0, 0.1) is 11.3 Å². The van der Waals surface area contributed by atoms with Crippen molar-refractivity contribution < 1.29 is 0 Å². The van der Waals surface area contributed by atoms with E-state index in [1.807, 2.05) is 22.8 Å². The topological polar surface area (TPSA) is 41.0 Å². The van der Waals surface area contributed by atoms with Crippen molar-refractivity contribution in [2.24, 2.45) is 11.3 Å². The fourth-order valence-electron chi connectivity index (χ4n) is 7.33. The Kier molecular flexibility index (Phi) is 7.06. The van der Waals surface area contributed by atoms with E-state index in [-0.39, 0.29) is 5.69 Å². The summed E-state index contributed by atoms with van der Waals surface area (Å²) in [7, 11) is 0. The van der Waals surface area contributed by atoms with Gasteiger partial charge in [-0.25, -0.2) is 4.79 Å². The number of fused-ring (bicyclic) bond motifs is 1. The first-order valence-electron chi connectivity index (χ1n) is 13.6. The minimum atomic E-state index is 0.0680. The number of H-pyrrole nitrogens is 1. The summed E-state index contributed by atoms with van der Waals surface area (Å²) in [5, 5.41) is 0. The second-order valence-electron chi connectivity index (χ2n) is 11.3. The number of hydrogen-bond acceptors (Lipinski definition) is 2. The molecule has 2 aliphatic carbocycles. The lowest BCUT2D eigenvalue weighted by Gasteiger charge is -2.44. The SMILES string of the molecule is O=c1[nH]c2ccccc2n1C1CCN(CC2(CC3CCCCC3)CCCCCCC2)CC1. The van der Waals surface area contributed by atoms with Crippen LogP contribution in [0.4, 0.5) is 0 Å². The van der Waals surface area contributed by atoms with Gasteiger partial charge < -0.3 is 9.88 Å². The van der Waals surface area contributed by atoms with Gasteiger partial charge in [0.05, 0.1) is 11.0 Å². The molecule has 3 aliphatic rings. The number of likely N-dealkylation sites (tertiary alicyclic amines) is 1. The molecule has 1 aliphatic heterocycles. The lowest BCUT2D eigenvalue weighted by atomic mass is 9.68. The zero-order valence-electron chi connectivity index (χ0n) is 20.0. The fourth-order valence-corrected chi connectivity index (χ4v) is 7.33. The fraction of sp³-hybridized carbons (Fsp3) is 0.750. The monoisotopic (exact) mass is 437 g/mol. The molecule has 4 heteroatoms. The van der Waals surface area contributed by atoms with E-state index in [0.717, 1.165) is 42.9 Å². The molecule has 2 heterocycles. The molecule has 0 spiro atoms. The molecule has 32 heavy (non-hydrogen) atoms. The van der Waals surface area contributed by atoms with Crippen molar-refractivity contribution in [3.8, 4) is 0 Å². The molecule has 1 saturated heterocycles. The van der Waals surface area contributed by atoms with Gasteiger partial charge in [0.2, 0.25) is 0 Å². The summed E-state index contributed by atoms with van der Waals surface area (Å²) in [6.07, 6.45) is 21.1. The van der Waals surface area contributed by atoms with E-state index in [9.17, 15) is 4.79 Å². The van der Waals surface area contributed by atoms with E-state index in [2.05, 4.69) is 16.0 Å². The van der Waals surface area contributed by atoms with Crippen LogP contribution in [0.3, 0.4) is 0 Å². The van der Waals surface area contributed by atoms with Gasteiger partial charge in [-0.3, -0.25) is 4.57 Å². The standard InChI is InChI=1S/C28H43N3O/c32-27-29-25-13-7-8-14-26(25)31(27)24-15-19-30(20-16-24)22-28(17-9-2-1-3-10-18-28)21-23-11-5-4-6-12-23/h7-8,13-14,23-24H,1-6,9-12,15-22H2,(H,29,32). The number of imidazole rings is 1. The van der Waals surface area contributed by atoms with Crippen molar-refractivity contribution in [2.45, 2.75) is 102 Å². The normalized spacial score (nSPS) is 24.4. The molecule has 1 aromatic carbocycles. The molecule has 1 N–H and O–H groups in total. The molecule has 1 aromatic heterocycles. The summed E-state index contributed by atoms with van der Waals surface area (Å²) in [6, 6.07) is 8.50. The number of benzene rings is 1. The first-order chi connectivity index (χ1) is 15.7. The summed E-state index contributed by atoms with van der Waals surface area (Å²) in [5.74, 6) is 0.977. The van der Waals surface area contributed by atoms with Gasteiger partial charge >= 0.3 is 5.69 Å². The third-order valence-electron chi connectivity index (χ3n) is 8.97. The van der Waals surface area contributed by atoms with Gasteiger partial charge in [-0.05, 0) is 55.6 Å². The van der Waals surface area contributed by atoms with E-state index >= 15 is 0 Å². The number of aromatic nitrogens is 2. The summed E-state index contributed by atoms with van der Waals surface area (Å²) in [6.45, 7) is 3.59. The number of piperidine rings is 1. The third-order valence-corrected chi connectivity index (χ3v) is 8.97. The van der Waals surface area contributed by atoms with Gasteiger partial charge in [0, 0.05) is 25.7 Å². The van der Waals surface area contributed by atoms with E-state index in [1.54, 1.807) is 0 Å². The van der Waals surface area contributed by atoms with Crippen LogP contribution in [-0.4, -0.2) is 34.1 Å². The van der Waals surface area contributed by atoms with Crippen LogP contribution in [0.5, 0.6) is 0 Å². The van der Waals surface area contributed by atoms with Crippen molar-refractivity contribution in [3.63, 3.8) is 0 Å². The highest BCUT2D eigenvalue weighted by atomic mass is 16.1. The van der Waals surface area contributed by atoms with Gasteiger partial charge in [0.15, 0.2) is 0 Å². The lowest BCUT2D eigenvalue weighted by Crippen LogP contribution is -2.44. The average molecular weight is 438 g/mol. The van der Waals surface area contributed by atoms with Crippen molar-refractivity contribution >= 4 is 11.0 Å². The van der Waals surface area contributed by atoms with Crippen LogP contribution >= 0.6 is 0 Å². The Morgan fingerprint density at radius 1 is 0.844 bits per heavy atom. The maximum absolute atomic E-state index is 12.7. The number of para-hydroxylation sites is 2. The molecule has 5 rings (SSSR count). The molecule has 0 atom stereocenters. The second-order valence-corrected chi connectivity index (χ2v) is 11.3. The maximum atomic E-state index is 12.7. The molecule has 0 radical (unpaired) electrons. The Bertz CT molecular complexity index is 906. The summed E-state index contributed by atoms with van der Waals surface area (Å²) in [4.78, 5) is 18.5. The van der Waals surface area contributed by atoms with Crippen molar-refractivity contribution in [3.05, 3.63) is 34.7 Å². The Morgan fingerprint density at radius 3 is 2.25 bits per heavy atom. The second kappa shape index (κ2) is 10.2. The maximum Gasteiger partial charge on any atom is 0.326 e. The van der Waals surface area contributed by atoms with Crippen LogP contribution in [0.25, 0.3) is 11.0 Å². The molecule has 0 amide bonds. The van der Waals surface area contributed by atoms with E-state index in [4.69, 9.17) is 0 Å². The molecule has 0 bridgehead atoms. The predicted molar refractivity (Wildman–Crippen MR) is 133 cm³/mol. The van der Waals surface area contributed by atoms with Crippen molar-refractivity contribution in [2.75, 3.05) is 19.6 Å². The third kappa shape index (κ3) is 5.00. The van der Waals surface area contributed by atoms with Crippen LogP contribution < -0.4 is 5.69 Å². The van der Waals surface area contributed by atoms with Gasteiger partial charge in [-0.15, -0.1) is 0 Å². The zero-order chi connectivity index (χ0) is 21.8. The lowest BCUT2D eigenvalue weighted by molar-refractivity contribution is 0.0614. The number of nitrogens with zero attached hydrogens (tertiary/aromatic N) is 2. The molecule has 3 fully saturated rings. The molecular weight excluding hydrogens is 394 g/mol. The van der Waals surface area contributed by atoms with Gasteiger partial charge in [0.1, 0.15) is 0 Å². The first kappa shape index (κ1) is 22.3. The van der Waals surface area contributed by atoms with E-state index < -0.39 is 0 Å². The van der Waals surface area contributed by atoms with Crippen molar-refractivity contribution in [1.82, 2.24) is 14.5 Å². The Morgan fingerprint density at radius 2 is 1.50 bits per heavy atom. The predicted octanol–water partition coefficient (Wildman–Crippen LogP) is 6.67. The number of rotatable bonds is 5. The van der Waals surface area contributed by atoms with Crippen LogP contribution in [0.2, 0.25) is 0 Å². The Balaban J connectivity index is 1.26. The van der Waals surface area contributed by atoms with Crippen LogP contribution in [0.1, 0.15) is 102 Å². The highest BCUT2D eigenvalue weighted by molar-refractivity contribution is 5.75. The summed E-state index contributed by atoms with van der Waals surface area (Å²) in [5.41, 5.74) is 2.66. The van der Waals surface area contributed by atoms with Crippen LogP contribution in [0.15, 0.2) is 29.1 Å². The summed E-state index contributed by atoms with van der Waals surface area (Å²) < 4.78 is 2.04. The number of nitrogens with one attached hydrogen (secondary N) is 1. The van der Waals surface area contributed by atoms with E-state index in [0.29, 0.717) is 11.5 Å². The quantitative estimate of drug-likeness (QED) is 0.567. The number of aromatic amines is 1. The summed E-state index contributed by atoms with van der Waals surface area (Å²) >= 11 is 0. The van der Waals surface area contributed by atoms with Crippen molar-refractivity contribution in [1.29, 1.82) is 0 Å². The van der Waals surface area contributed by atoms with Gasteiger partial charge in [-0.2, -0.15) is 0 Å². The molecule has 2 saturated carbocycles. The highest BCUT2D eigenvalue weighted by Gasteiger charge is 2.36. The number of hydrogen-bond donors (Lipinski definition) is 1. The zero-order valence-corrected chi connectivity index (χ0v) is 20.0. The Hall–Kier alpha value is -1.55. The largest absolute Gasteiger partial charge is 0.326 e. The van der Waals surface area contributed by atoms with Gasteiger partial charge in [0.25, 0.3) is 0 Å². The molecule has 0 unspecified atom stereocenters. The molecule has 2 aromatic rings. The molecular formula is C28H43N3O. The first-order valence-corrected chi connectivity index (χ1v) is 13.6. The minimum Gasteiger partial charge on any atom is -0.306 e. The van der Waals surface area contributed by atoms with Crippen LogP contribution in [-0.2, 0) is 0 Å². The average Bonchev–Trinajstić information content (AvgIpc) is 3.13. The minimum absolute atomic E-state index is 0.0680. The highest BCUT2D eigenvalue weighted by Crippen LogP contribution is 2.44. The molecule has 4 nitrogen and oxygen atoms in total. The van der Waals surface area contributed by atoms with Gasteiger partial charge in [-0.1, -0.05) is 76.3 Å².